The van der Waals surface area contributed by atoms with Gasteiger partial charge in [-0.05, 0) is 104 Å². The van der Waals surface area contributed by atoms with Crippen LogP contribution in [0.1, 0.15) is 142 Å². The van der Waals surface area contributed by atoms with Gasteiger partial charge in [-0.1, -0.05) is 0 Å². The Morgan fingerprint density at radius 2 is 0.929 bits per heavy atom. The third-order valence-electron chi connectivity index (χ3n) is 11.4. The minimum absolute atomic E-state index is 0. The van der Waals surface area contributed by atoms with Crippen LogP contribution in [0.15, 0.2) is 0 Å². The Morgan fingerprint density at radius 1 is 0.535 bits per heavy atom. The van der Waals surface area contributed by atoms with Crippen molar-refractivity contribution < 1.29 is 315 Å². The molecular weight excluding hydrogens is 1650 g/mol. The van der Waals surface area contributed by atoms with Crippen LogP contribution in [-0.2, 0) is 264 Å². The molecule has 0 bridgehead atoms. The molecule has 0 amide bonds. The molecular formula is C57H86O38Y4-2. The van der Waals surface area contributed by atoms with Gasteiger partial charge in [-0.3, -0.25) is 50.1 Å². The van der Waals surface area contributed by atoms with Crippen molar-refractivity contribution in [3.63, 3.8) is 0 Å². The Labute approximate surface area is 669 Å². The van der Waals surface area contributed by atoms with E-state index in [4.69, 9.17) is 72.6 Å². The Bertz CT molecular complexity index is 2700. The number of carbonyl (C=O) groups excluding carboxylic acids is 11. The fraction of sp³-hybridized carbons (Fsp3) is 0.702. The summed E-state index contributed by atoms with van der Waals surface area (Å²) in [6.45, 7) is 26.3. The number of Topliss-reactive ketones (excluding diaryl/α,β-unsaturated/α-hetero) is 2. The molecule has 5 rings (SSSR count). The summed E-state index contributed by atoms with van der Waals surface area (Å²) in [5.41, 5.74) is -14.6. The number of aliphatic hydroxyl groups excluding tert-OH is 5. The van der Waals surface area contributed by atoms with Gasteiger partial charge in [0.25, 0.3) is 12.9 Å². The number of aliphatic hydroxyl groups is 6. The number of hydrogen-bond acceptors (Lipinski definition) is 34. The van der Waals surface area contributed by atoms with E-state index in [2.05, 4.69) is 25.9 Å². The number of ether oxygens (including phenoxy) is 13. The van der Waals surface area contributed by atoms with Gasteiger partial charge in [-0.2, -0.15) is 6.61 Å². The van der Waals surface area contributed by atoms with Crippen molar-refractivity contribution in [1.82, 2.24) is 0 Å². The minimum Gasteiger partial charge on any atom is -0.563 e. The Kier molecular flexibility index (Phi) is 49.1. The normalized spacial score (nSPS) is 24.9. The minimum atomic E-state index is -2.71. The molecule has 5 heterocycles. The number of aliphatic carboxylic acids is 2. The van der Waals surface area contributed by atoms with Crippen LogP contribution in [0.4, 0.5) is 0 Å². The molecule has 5 aliphatic heterocycles. The predicted octanol–water partition coefficient (Wildman–Crippen LogP) is -1.64. The number of hydrogen-bond donors (Lipinski definition) is 10. The molecule has 5 saturated heterocycles. The summed E-state index contributed by atoms with van der Waals surface area (Å²) in [5.74, 6) is -13.0. The maximum absolute atomic E-state index is 12.0. The number of carboxylic acids is 2. The van der Waals surface area contributed by atoms with Crippen molar-refractivity contribution in [2.45, 2.75) is 223 Å². The van der Waals surface area contributed by atoms with Crippen LogP contribution in [0.3, 0.4) is 0 Å². The van der Waals surface area contributed by atoms with Gasteiger partial charge in [-0.15, -0.1) is 0 Å². The second kappa shape index (κ2) is 45.6. The third kappa shape index (κ3) is 36.6. The zero-order chi connectivity index (χ0) is 74.9. The molecule has 4 radical (unpaired) electrons. The second-order valence-electron chi connectivity index (χ2n) is 25.2. The van der Waals surface area contributed by atoms with Crippen LogP contribution in [0.5, 0.6) is 0 Å². The van der Waals surface area contributed by atoms with Crippen LogP contribution in [0.2, 0.25) is 0 Å². The fourth-order valence-corrected chi connectivity index (χ4v) is 7.36. The maximum Gasteiger partial charge on any atom is 0.345 e. The van der Waals surface area contributed by atoms with Crippen molar-refractivity contribution in [2.75, 3.05) is 33.6 Å². The van der Waals surface area contributed by atoms with Crippen LogP contribution < -0.4 is 0 Å². The molecule has 0 aliphatic carbocycles. The van der Waals surface area contributed by atoms with E-state index < -0.39 is 185 Å². The average molecular weight is 1730 g/mol. The first-order valence-corrected chi connectivity index (χ1v) is 27.8. The van der Waals surface area contributed by atoms with Crippen LogP contribution in [-0.4, -0.2) is 255 Å². The van der Waals surface area contributed by atoms with E-state index in [0.717, 1.165) is 0 Å². The summed E-state index contributed by atoms with van der Waals surface area (Å²) in [5, 5.41) is 89.5. The third-order valence-corrected chi connectivity index (χ3v) is 11.4. The first-order chi connectivity index (χ1) is 43.0. The average Bonchev–Trinajstić information content (AvgIpc) is 1.62. The van der Waals surface area contributed by atoms with Crippen LogP contribution in [0, 0.1) is 13.5 Å². The molecule has 0 aromatic carbocycles. The van der Waals surface area contributed by atoms with Gasteiger partial charge >= 0.3 is 65.7 Å². The van der Waals surface area contributed by atoms with Crippen molar-refractivity contribution in [3.05, 3.63) is 13.5 Å². The van der Waals surface area contributed by atoms with E-state index in [9.17, 15) is 93.0 Å². The Hall–Kier alpha value is -3.53. The number of carbonyl (C=O) groups is 15. The number of cyclic esters (lactones) is 4. The molecule has 9 atom stereocenters. The summed E-state index contributed by atoms with van der Waals surface area (Å²) in [4.78, 5) is 165. The van der Waals surface area contributed by atoms with Crippen LogP contribution >= 0.6 is 0 Å². The standard InChI is InChI=1S/C12H18O7.2C11H16O8.C11H17O5.C10H15O6.2CH2O2.4Y/c1-11(2,3)19-8(14)6-12(10(16)17)9(15)7(13)4-5-18-12;1-10(2,3)19-6(12)4-11(16)7(13)8(14)17-5-18-9(11)15;1-10(2,3)19-9(16)11(4-6(12)13)7(14)8(15)17-5-18-11;1-10(2,3)16-9(14)6-11(7-12)8(13)4-5-15-11;1-9(2,3)16-7(12)6(11)10(4)8(13)14-5-15-10;2*2-1-3;;;;/h9,15H,4-6H2,1-3H3,(H,16,17);7,13,16H,4-5H2,1-3H3;7,14H,4-5H2,1-3H3,(H,12,13);7,12H,4-6H2,1-3H3;6,11H,4-5H2,1-3H3;2*1H,(H,2,3);;;;/q;;;2*-1;;;;;;. The summed E-state index contributed by atoms with van der Waals surface area (Å²) >= 11 is 0. The predicted molar refractivity (Wildman–Crippen MR) is 304 cm³/mol. The van der Waals surface area contributed by atoms with Gasteiger partial charge in [0.2, 0.25) is 23.6 Å². The second-order valence-corrected chi connectivity index (χ2v) is 25.2. The topological polar surface area (TPSA) is 578 Å². The summed E-state index contributed by atoms with van der Waals surface area (Å²) in [6.07, 6.45) is -10.6. The molecule has 0 saturated carbocycles. The van der Waals surface area contributed by atoms with E-state index >= 15 is 0 Å². The molecule has 99 heavy (non-hydrogen) atoms. The van der Waals surface area contributed by atoms with Gasteiger partial charge < -0.3 is 113 Å². The summed E-state index contributed by atoms with van der Waals surface area (Å²) in [7, 11) is 0. The SMILES string of the molecule is CC(C)(C)OC(=O)C1(CC(=O)O)OCOC(=O)C1O.CC(C)(C)OC(=O)CC1(C(=O)O)OCCC(=O)C1O.CC(C)(C)OC(=O)CC1(O)C(=O)OCOC(=O)C1O.CC(C)(C)OC(=O)CC1([CH-]O)OCCC1=O.O=CO.O=CO.[CH2-]C1(C(O)C(=O)OC(C)(C)C)OCOC1=O.[Y].[Y].[Y].[Y]. The van der Waals surface area contributed by atoms with Crippen molar-refractivity contribution in [1.29, 1.82) is 0 Å². The molecule has 0 aromatic rings. The molecule has 0 aromatic heterocycles. The van der Waals surface area contributed by atoms with Gasteiger partial charge in [0.05, 0.1) is 44.5 Å². The van der Waals surface area contributed by atoms with E-state index in [1.807, 2.05) is 0 Å². The molecule has 0 spiro atoms. The zero-order valence-electron chi connectivity index (χ0n) is 57.2. The fourth-order valence-electron chi connectivity index (χ4n) is 7.36. The molecule has 5 aliphatic rings. The summed E-state index contributed by atoms with van der Waals surface area (Å²) in [6, 6.07) is 0. The number of ketones is 2. The first-order valence-electron chi connectivity index (χ1n) is 27.8. The largest absolute Gasteiger partial charge is 0.563 e. The first kappa shape index (κ1) is 106. The van der Waals surface area contributed by atoms with Gasteiger partial charge in [0.1, 0.15) is 33.8 Å². The monoisotopic (exact) mass is 1730 g/mol. The van der Waals surface area contributed by atoms with Gasteiger partial charge in [0, 0.05) is 149 Å². The maximum atomic E-state index is 12.0. The van der Waals surface area contributed by atoms with E-state index in [1.54, 1.807) is 104 Å². The van der Waals surface area contributed by atoms with Crippen molar-refractivity contribution >= 4 is 90.2 Å². The Morgan fingerprint density at radius 3 is 1.31 bits per heavy atom. The molecule has 38 nitrogen and oxygen atoms in total. The number of rotatable bonds is 13. The van der Waals surface area contributed by atoms with E-state index in [1.165, 1.54) is 0 Å². The van der Waals surface area contributed by atoms with E-state index in [0.29, 0.717) is 6.61 Å². The quantitative estimate of drug-likeness (QED) is 0.0428. The van der Waals surface area contributed by atoms with E-state index in [-0.39, 0.29) is 189 Å². The number of esters is 9. The zero-order valence-corrected chi connectivity index (χ0v) is 68.6. The Balaban J connectivity index is -0.000000265. The molecule has 9 unspecified atom stereocenters. The van der Waals surface area contributed by atoms with Crippen molar-refractivity contribution in [3.8, 4) is 0 Å². The molecule has 556 valence electrons. The molecule has 10 N–H and O–H groups in total. The van der Waals surface area contributed by atoms with Crippen molar-refractivity contribution in [2.24, 2.45) is 0 Å². The molecule has 42 heteroatoms. The number of carboxylic acid groups (broad SMARTS) is 4. The van der Waals surface area contributed by atoms with Crippen LogP contribution in [0.25, 0.3) is 0 Å². The van der Waals surface area contributed by atoms with Gasteiger partial charge in [0.15, 0.2) is 43.8 Å². The smallest absolute Gasteiger partial charge is 0.345 e. The molecule has 5 fully saturated rings. The summed E-state index contributed by atoms with van der Waals surface area (Å²) < 4.78 is 62.4. The van der Waals surface area contributed by atoms with Gasteiger partial charge in [-0.25, -0.2) is 28.8 Å².